The molecule has 4 amide bonds. The molecule has 5 saturated heterocycles. The average molecular weight is 1150 g/mol. The van der Waals surface area contributed by atoms with Gasteiger partial charge in [0.1, 0.15) is 17.7 Å². The molecule has 4 unspecified atom stereocenters. The highest BCUT2D eigenvalue weighted by Gasteiger charge is 2.38. The zero-order valence-electron chi connectivity index (χ0n) is 48.0. The minimum atomic E-state index is -0.581. The quantitative estimate of drug-likeness (QED) is 0.0643. The van der Waals surface area contributed by atoms with Crippen molar-refractivity contribution in [2.24, 2.45) is 0 Å². The Morgan fingerprint density at radius 1 is 0.655 bits per heavy atom. The fourth-order valence-electron chi connectivity index (χ4n) is 13.2. The van der Waals surface area contributed by atoms with Gasteiger partial charge in [0.05, 0.1) is 84.8 Å². The summed E-state index contributed by atoms with van der Waals surface area (Å²) in [5.41, 5.74) is 5.23. The number of hydrogen-bond donors (Lipinski definition) is 5. The predicted molar refractivity (Wildman–Crippen MR) is 321 cm³/mol. The number of rotatable bonds is 17. The Bertz CT molecular complexity index is 3390. The summed E-state index contributed by atoms with van der Waals surface area (Å²) in [6.45, 7) is 7.80. The summed E-state index contributed by atoms with van der Waals surface area (Å²) < 4.78 is 27.7. The van der Waals surface area contributed by atoms with Crippen LogP contribution in [0.25, 0.3) is 44.8 Å². The number of carbonyl (C=O) groups is 2. The lowest BCUT2D eigenvalue weighted by Gasteiger charge is -2.34. The number of aliphatic hydroxyl groups excluding tert-OH is 1. The molecule has 0 spiro atoms. The van der Waals surface area contributed by atoms with E-state index in [4.69, 9.17) is 49.1 Å². The summed E-state index contributed by atoms with van der Waals surface area (Å²) in [5.74, 6) is 2.57. The van der Waals surface area contributed by atoms with Gasteiger partial charge in [-0.15, -0.1) is 0 Å². The summed E-state index contributed by atoms with van der Waals surface area (Å²) >= 11 is 0. The number of aliphatic hydroxyl groups is 1. The lowest BCUT2D eigenvalue weighted by atomic mass is 9.91. The van der Waals surface area contributed by atoms with Gasteiger partial charge in [-0.2, -0.15) is 20.2 Å². The number of hydrogen-bond acceptors (Lipinski definition) is 18. The van der Waals surface area contributed by atoms with Crippen LogP contribution in [0.1, 0.15) is 63.5 Å². The van der Waals surface area contributed by atoms with Crippen molar-refractivity contribution in [2.75, 3.05) is 130 Å². The van der Waals surface area contributed by atoms with Gasteiger partial charge in [0, 0.05) is 109 Å². The molecule has 1 saturated carbocycles. The largest absolute Gasteiger partial charge is 0.395 e. The van der Waals surface area contributed by atoms with Gasteiger partial charge in [-0.3, -0.25) is 0 Å². The number of hydrazine groups is 1. The van der Waals surface area contributed by atoms with Crippen LogP contribution in [0.2, 0.25) is 0 Å². The van der Waals surface area contributed by atoms with Gasteiger partial charge in [-0.1, -0.05) is 0 Å². The van der Waals surface area contributed by atoms with E-state index in [1.165, 1.54) is 10.0 Å². The number of anilines is 6. The molecule has 6 fully saturated rings. The lowest BCUT2D eigenvalue weighted by Crippen LogP contribution is -2.55. The van der Waals surface area contributed by atoms with Crippen molar-refractivity contribution in [1.82, 2.24) is 55.4 Å². The van der Waals surface area contributed by atoms with Gasteiger partial charge >= 0.3 is 12.1 Å². The van der Waals surface area contributed by atoms with E-state index in [9.17, 15) is 9.90 Å². The SMILES string of the molecule is CNC(=O)N(c1ccc(-c2nc(N3CC4CCC(C3)O4)c3cnn(C4CCC(NCCO)CC4)c3n2)cc1)N(C(=O)Nc1ccc(N2CCNCC2)cc1)c1ccc(-c2nc(N3CC4CCC(C3)O4)c3cnn(C(COC)COC)c3n2)cc1. The van der Waals surface area contributed by atoms with Gasteiger partial charge in [0.2, 0.25) is 0 Å². The predicted octanol–water partition coefficient (Wildman–Crippen LogP) is 6.14. The van der Waals surface area contributed by atoms with E-state index in [-0.39, 0.29) is 43.1 Å². The molecule has 5 aliphatic heterocycles. The van der Waals surface area contributed by atoms with Crippen molar-refractivity contribution >= 4 is 68.5 Å². The zero-order chi connectivity index (χ0) is 57.3. The molecule has 24 heteroatoms. The highest BCUT2D eigenvalue weighted by atomic mass is 16.5. The first-order valence-corrected chi connectivity index (χ1v) is 29.7. The maximum atomic E-state index is 15.2. The third-order valence-corrected chi connectivity index (χ3v) is 17.3. The zero-order valence-corrected chi connectivity index (χ0v) is 48.0. The molecule has 9 heterocycles. The van der Waals surface area contributed by atoms with Crippen LogP contribution in [0.15, 0.2) is 85.2 Å². The molecule has 84 heavy (non-hydrogen) atoms. The van der Waals surface area contributed by atoms with Crippen molar-refractivity contribution in [3.63, 3.8) is 0 Å². The van der Waals surface area contributed by atoms with E-state index in [2.05, 4.69) is 40.6 Å². The number of nitrogens with one attached hydrogen (secondary N) is 4. The van der Waals surface area contributed by atoms with E-state index in [1.54, 1.807) is 33.4 Å². The van der Waals surface area contributed by atoms with Gasteiger partial charge in [-0.05, 0) is 124 Å². The molecular formula is C60H75N17O7. The van der Waals surface area contributed by atoms with Gasteiger partial charge < -0.3 is 60.0 Å². The average Bonchev–Trinajstić information content (AvgIpc) is 2.92. The lowest BCUT2D eigenvalue weighted by molar-refractivity contribution is 0.0301. The number of morpholine rings is 2. The highest BCUT2D eigenvalue weighted by Crippen LogP contribution is 2.39. The standard InChI is InChI=1S/C60H75N17O7/c1-61-59(79)76(44-12-4-38(5-13-44)53-67-55(72-32-47-20-21-48(33-72)83-47)51-30-64-74(57(51)69-53)43-18-8-40(9-19-43)63-26-29-78)77(60(80)66-41-10-16-42(17-11-41)71-27-24-62-25-28-71)45-14-6-39(7-15-45)54-68-56(73-34-49-22-23-50(35-73)84-49)52-31-65-75(58(52)70-54)46(36-81-2)37-82-3/h4-7,10-17,30-31,40,43,46-50,62-63,78H,8-9,18-29,32-37H2,1-3H3,(H,61,79)(H,66,80). The normalized spacial score (nSPS) is 22.3. The Labute approximate surface area is 487 Å². The first-order valence-electron chi connectivity index (χ1n) is 29.7. The number of amides is 4. The Morgan fingerprint density at radius 3 is 1.71 bits per heavy atom. The van der Waals surface area contributed by atoms with E-state index in [0.29, 0.717) is 78.8 Å². The van der Waals surface area contributed by atoms with Crippen LogP contribution in [0.3, 0.4) is 0 Å². The molecule has 13 rings (SSSR count). The summed E-state index contributed by atoms with van der Waals surface area (Å²) in [4.78, 5) is 57.7. The van der Waals surface area contributed by atoms with Crippen LogP contribution in [0, 0.1) is 0 Å². The highest BCUT2D eigenvalue weighted by molar-refractivity contribution is 6.10. The van der Waals surface area contributed by atoms with Crippen LogP contribution < -0.4 is 46.0 Å². The second-order valence-corrected chi connectivity index (χ2v) is 22.9. The Hall–Kier alpha value is -7.58. The van der Waals surface area contributed by atoms with Crippen molar-refractivity contribution in [3.8, 4) is 22.8 Å². The van der Waals surface area contributed by atoms with Gasteiger partial charge in [0.25, 0.3) is 0 Å². The minimum absolute atomic E-state index is 0.113. The number of carbonyl (C=O) groups excluding carboxylic acids is 2. The summed E-state index contributed by atoms with van der Waals surface area (Å²) in [5, 5.41) is 36.5. The van der Waals surface area contributed by atoms with Gasteiger partial charge in [-0.25, -0.2) is 38.9 Å². The molecule has 24 nitrogen and oxygen atoms in total. The maximum Gasteiger partial charge on any atom is 0.345 e. The van der Waals surface area contributed by atoms with Crippen molar-refractivity contribution in [2.45, 2.75) is 93.9 Å². The fourth-order valence-corrected chi connectivity index (χ4v) is 13.2. The number of nitrogens with zero attached hydrogens (tertiary/aromatic N) is 13. The summed E-state index contributed by atoms with van der Waals surface area (Å²) in [7, 11) is 4.86. The van der Waals surface area contributed by atoms with Crippen molar-refractivity contribution in [3.05, 3.63) is 85.2 Å². The summed E-state index contributed by atoms with van der Waals surface area (Å²) in [6, 6.07) is 21.6. The molecule has 442 valence electrons. The van der Waals surface area contributed by atoms with Crippen molar-refractivity contribution < 1.29 is 33.6 Å². The molecule has 1 aliphatic carbocycles. The number of methoxy groups -OCH3 is 2. The third kappa shape index (κ3) is 11.3. The Kier molecular flexibility index (Phi) is 16.3. The molecule has 4 atom stereocenters. The molecule has 3 aromatic carbocycles. The first-order chi connectivity index (χ1) is 41.2. The fraction of sp³-hybridized carbons (Fsp3) is 0.500. The van der Waals surface area contributed by atoms with Crippen LogP contribution in [-0.2, 0) is 18.9 Å². The molecule has 7 aromatic rings. The van der Waals surface area contributed by atoms with Crippen molar-refractivity contribution in [1.29, 1.82) is 0 Å². The minimum Gasteiger partial charge on any atom is -0.395 e. The number of ether oxygens (including phenoxy) is 4. The molecular weight excluding hydrogens is 1070 g/mol. The molecule has 4 bridgehead atoms. The van der Waals surface area contributed by atoms with E-state index in [0.717, 1.165) is 130 Å². The second kappa shape index (κ2) is 24.6. The molecule has 4 aromatic heterocycles. The topological polar surface area (TPSA) is 243 Å². The van der Waals surface area contributed by atoms with E-state index >= 15 is 4.79 Å². The smallest absolute Gasteiger partial charge is 0.345 e. The van der Waals surface area contributed by atoms with Crippen LogP contribution in [-0.4, -0.2) is 187 Å². The summed E-state index contributed by atoms with van der Waals surface area (Å²) in [6.07, 6.45) is 12.0. The second-order valence-electron chi connectivity index (χ2n) is 22.9. The molecule has 6 aliphatic rings. The van der Waals surface area contributed by atoms with Gasteiger partial charge in [0.15, 0.2) is 22.9 Å². The van der Waals surface area contributed by atoms with E-state index in [1.807, 2.05) is 77.7 Å². The number of aromatic nitrogens is 8. The molecule has 0 radical (unpaired) electrons. The van der Waals surface area contributed by atoms with Crippen LogP contribution in [0.4, 0.5) is 44.0 Å². The first kappa shape index (κ1) is 55.6. The third-order valence-electron chi connectivity index (χ3n) is 17.3. The Balaban J connectivity index is 0.861. The van der Waals surface area contributed by atoms with Crippen LogP contribution in [0.5, 0.6) is 0 Å². The van der Waals surface area contributed by atoms with E-state index < -0.39 is 12.1 Å². The number of piperazine rings is 1. The number of benzene rings is 3. The molecule has 5 N–H and O–H groups in total. The van der Waals surface area contributed by atoms with Crippen LogP contribution >= 0.6 is 0 Å². The number of fused-ring (bicyclic) bond motifs is 6. The monoisotopic (exact) mass is 1150 g/mol. The maximum absolute atomic E-state index is 15.2. The Morgan fingerprint density at radius 2 is 1.18 bits per heavy atom. The number of urea groups is 2.